The van der Waals surface area contributed by atoms with Crippen molar-refractivity contribution in [2.45, 2.75) is 6.54 Å². The molecular formula is C13H13NO4. The van der Waals surface area contributed by atoms with Gasteiger partial charge in [-0.15, -0.1) is 0 Å². The minimum Gasteiger partial charge on any atom is -0.478 e. The molecule has 1 amide bonds. The van der Waals surface area contributed by atoms with Crippen molar-refractivity contribution in [1.82, 2.24) is 4.90 Å². The van der Waals surface area contributed by atoms with Crippen molar-refractivity contribution in [3.8, 4) is 0 Å². The molecule has 1 heterocycles. The van der Waals surface area contributed by atoms with E-state index in [2.05, 4.69) is 0 Å². The number of aliphatic carboxylic acids is 1. The van der Waals surface area contributed by atoms with E-state index in [-0.39, 0.29) is 6.09 Å². The van der Waals surface area contributed by atoms with Crippen LogP contribution in [0.5, 0.6) is 0 Å². The van der Waals surface area contributed by atoms with Crippen LogP contribution >= 0.6 is 0 Å². The van der Waals surface area contributed by atoms with Crippen molar-refractivity contribution in [3.63, 3.8) is 0 Å². The molecule has 1 aliphatic rings. The lowest BCUT2D eigenvalue weighted by Crippen LogP contribution is -2.23. The summed E-state index contributed by atoms with van der Waals surface area (Å²) in [5.74, 6) is -0.983. The second-order valence-corrected chi connectivity index (χ2v) is 3.95. The molecular weight excluding hydrogens is 234 g/mol. The van der Waals surface area contributed by atoms with Gasteiger partial charge >= 0.3 is 12.1 Å². The molecule has 94 valence electrons. The Kier molecular flexibility index (Phi) is 3.62. The highest BCUT2D eigenvalue weighted by atomic mass is 16.6. The molecule has 0 radical (unpaired) electrons. The van der Waals surface area contributed by atoms with Gasteiger partial charge in [-0.25, -0.2) is 9.59 Å². The summed E-state index contributed by atoms with van der Waals surface area (Å²) >= 11 is 0. The number of rotatable bonds is 4. The summed E-state index contributed by atoms with van der Waals surface area (Å²) in [4.78, 5) is 23.3. The molecule has 1 fully saturated rings. The van der Waals surface area contributed by atoms with E-state index >= 15 is 0 Å². The van der Waals surface area contributed by atoms with Gasteiger partial charge in [0.05, 0.1) is 6.54 Å². The molecule has 18 heavy (non-hydrogen) atoms. The van der Waals surface area contributed by atoms with E-state index in [0.717, 1.165) is 17.2 Å². The normalized spacial score (nSPS) is 15.1. The Morgan fingerprint density at radius 1 is 1.50 bits per heavy atom. The molecule has 1 aliphatic heterocycles. The lowest BCUT2D eigenvalue weighted by molar-refractivity contribution is -0.131. The highest BCUT2D eigenvalue weighted by Gasteiger charge is 2.21. The average Bonchev–Trinajstić information content (AvgIpc) is 2.73. The zero-order chi connectivity index (χ0) is 13.0. The van der Waals surface area contributed by atoms with Crippen LogP contribution < -0.4 is 0 Å². The summed E-state index contributed by atoms with van der Waals surface area (Å²) in [7, 11) is 0. The Bertz CT molecular complexity index is 496. The maximum absolute atomic E-state index is 11.3. The summed E-state index contributed by atoms with van der Waals surface area (Å²) in [6, 6.07) is 7.39. The number of nitrogens with zero attached hydrogens (tertiary/aromatic N) is 1. The Balaban J connectivity index is 2.07. The maximum Gasteiger partial charge on any atom is 0.410 e. The standard InChI is InChI=1S/C13H13NO4/c15-12(16)5-4-10-2-1-3-11(8-10)9-14-6-7-18-13(14)17/h1-5,8H,6-7,9H2,(H,15,16)/b5-4+. The van der Waals surface area contributed by atoms with E-state index in [0.29, 0.717) is 19.7 Å². The Morgan fingerprint density at radius 2 is 2.33 bits per heavy atom. The Morgan fingerprint density at radius 3 is 3.00 bits per heavy atom. The second kappa shape index (κ2) is 5.35. The third kappa shape index (κ3) is 3.10. The predicted molar refractivity (Wildman–Crippen MR) is 64.9 cm³/mol. The van der Waals surface area contributed by atoms with Gasteiger partial charge in [0.2, 0.25) is 0 Å². The van der Waals surface area contributed by atoms with Crippen LogP contribution in [-0.2, 0) is 16.1 Å². The van der Waals surface area contributed by atoms with Crippen LogP contribution in [-0.4, -0.2) is 35.2 Å². The van der Waals surface area contributed by atoms with Crippen LogP contribution in [0, 0.1) is 0 Å². The molecule has 1 aromatic rings. The SMILES string of the molecule is O=C(O)/C=C/c1cccc(CN2CCOC2=O)c1. The van der Waals surface area contributed by atoms with Crippen LogP contribution in [0.15, 0.2) is 30.3 Å². The van der Waals surface area contributed by atoms with Gasteiger partial charge in [-0.05, 0) is 23.3 Å². The molecule has 1 N–H and O–H groups in total. The third-order valence-electron chi connectivity index (χ3n) is 2.59. The summed E-state index contributed by atoms with van der Waals surface area (Å²) < 4.78 is 4.84. The molecule has 0 bridgehead atoms. The van der Waals surface area contributed by atoms with Crippen molar-refractivity contribution in [2.24, 2.45) is 0 Å². The highest BCUT2D eigenvalue weighted by molar-refractivity contribution is 5.85. The van der Waals surface area contributed by atoms with Crippen LogP contribution in [0.25, 0.3) is 6.08 Å². The fraction of sp³-hybridized carbons (Fsp3) is 0.231. The van der Waals surface area contributed by atoms with Gasteiger partial charge < -0.3 is 14.7 Å². The van der Waals surface area contributed by atoms with E-state index in [9.17, 15) is 9.59 Å². The number of amides is 1. The van der Waals surface area contributed by atoms with Gasteiger partial charge in [0.1, 0.15) is 6.61 Å². The van der Waals surface area contributed by atoms with Crippen molar-refractivity contribution >= 4 is 18.1 Å². The highest BCUT2D eigenvalue weighted by Crippen LogP contribution is 2.13. The average molecular weight is 247 g/mol. The molecule has 1 saturated heterocycles. The number of benzene rings is 1. The molecule has 1 aromatic carbocycles. The zero-order valence-corrected chi connectivity index (χ0v) is 9.70. The van der Waals surface area contributed by atoms with Crippen molar-refractivity contribution in [2.75, 3.05) is 13.2 Å². The van der Waals surface area contributed by atoms with Gasteiger partial charge in [-0.3, -0.25) is 0 Å². The number of hydrogen-bond donors (Lipinski definition) is 1. The molecule has 0 atom stereocenters. The second-order valence-electron chi connectivity index (χ2n) is 3.95. The van der Waals surface area contributed by atoms with Gasteiger partial charge in [0.25, 0.3) is 0 Å². The Hall–Kier alpha value is -2.30. The van der Waals surface area contributed by atoms with Crippen LogP contribution in [0.2, 0.25) is 0 Å². The molecule has 0 spiro atoms. The Labute approximate surface area is 104 Å². The van der Waals surface area contributed by atoms with Crippen molar-refractivity contribution in [3.05, 3.63) is 41.5 Å². The first-order valence-corrected chi connectivity index (χ1v) is 5.57. The molecule has 0 aliphatic carbocycles. The summed E-state index contributed by atoms with van der Waals surface area (Å²) in [5, 5.41) is 8.55. The molecule has 0 unspecified atom stereocenters. The third-order valence-corrected chi connectivity index (χ3v) is 2.59. The van der Waals surface area contributed by atoms with Crippen LogP contribution in [0.4, 0.5) is 4.79 Å². The number of hydrogen-bond acceptors (Lipinski definition) is 3. The van der Waals surface area contributed by atoms with E-state index in [1.165, 1.54) is 6.08 Å². The van der Waals surface area contributed by atoms with E-state index in [1.54, 1.807) is 4.90 Å². The van der Waals surface area contributed by atoms with Crippen molar-refractivity contribution in [1.29, 1.82) is 0 Å². The smallest absolute Gasteiger partial charge is 0.410 e. The number of carboxylic acid groups (broad SMARTS) is 1. The number of cyclic esters (lactones) is 1. The predicted octanol–water partition coefficient (Wildman–Crippen LogP) is 1.74. The lowest BCUT2D eigenvalue weighted by Gasteiger charge is -2.12. The summed E-state index contributed by atoms with van der Waals surface area (Å²) in [6.45, 7) is 1.50. The number of carbonyl (C=O) groups excluding carboxylic acids is 1. The van der Waals surface area contributed by atoms with Gasteiger partial charge in [-0.2, -0.15) is 0 Å². The van der Waals surface area contributed by atoms with Crippen molar-refractivity contribution < 1.29 is 19.4 Å². The number of ether oxygens (including phenoxy) is 1. The topological polar surface area (TPSA) is 66.8 Å². The molecule has 5 nitrogen and oxygen atoms in total. The summed E-state index contributed by atoms with van der Waals surface area (Å²) in [5.41, 5.74) is 1.74. The minimum absolute atomic E-state index is 0.304. The minimum atomic E-state index is -0.983. The quantitative estimate of drug-likeness (QED) is 0.823. The van der Waals surface area contributed by atoms with E-state index in [1.807, 2.05) is 24.3 Å². The van der Waals surface area contributed by atoms with E-state index < -0.39 is 5.97 Å². The summed E-state index contributed by atoms with van der Waals surface area (Å²) in [6.07, 6.45) is 2.30. The first-order valence-electron chi connectivity index (χ1n) is 5.57. The van der Waals surface area contributed by atoms with Gasteiger partial charge in [-0.1, -0.05) is 18.2 Å². The fourth-order valence-corrected chi connectivity index (χ4v) is 1.75. The first kappa shape index (κ1) is 12.2. The molecule has 2 rings (SSSR count). The monoisotopic (exact) mass is 247 g/mol. The molecule has 5 heteroatoms. The van der Waals surface area contributed by atoms with Crippen LogP contribution in [0.3, 0.4) is 0 Å². The number of carboxylic acids is 1. The van der Waals surface area contributed by atoms with Gasteiger partial charge in [0.15, 0.2) is 0 Å². The van der Waals surface area contributed by atoms with Gasteiger partial charge in [0, 0.05) is 12.6 Å². The largest absolute Gasteiger partial charge is 0.478 e. The first-order chi connectivity index (χ1) is 8.65. The molecule has 0 aromatic heterocycles. The molecule has 0 saturated carbocycles. The maximum atomic E-state index is 11.3. The number of carbonyl (C=O) groups is 2. The fourth-order valence-electron chi connectivity index (χ4n) is 1.75. The van der Waals surface area contributed by atoms with E-state index in [4.69, 9.17) is 9.84 Å². The zero-order valence-electron chi connectivity index (χ0n) is 9.70. The van der Waals surface area contributed by atoms with Crippen LogP contribution in [0.1, 0.15) is 11.1 Å². The lowest BCUT2D eigenvalue weighted by atomic mass is 10.1.